The first kappa shape index (κ1) is 17.4. The van der Waals surface area contributed by atoms with Gasteiger partial charge in [0.1, 0.15) is 0 Å². The SMILES string of the molecule is CCC1=C(CC)N(CC)CN1CC.O=P(O)(O)O. The van der Waals surface area contributed by atoms with E-state index in [1.807, 2.05) is 0 Å². The minimum Gasteiger partial charge on any atom is -0.356 e. The first-order valence-electron chi connectivity index (χ1n) is 6.28. The van der Waals surface area contributed by atoms with Crippen LogP contribution in [0.4, 0.5) is 0 Å². The van der Waals surface area contributed by atoms with Crippen LogP contribution in [0, 0.1) is 0 Å². The fraction of sp³-hybridized carbons (Fsp3) is 0.818. The van der Waals surface area contributed by atoms with Crippen LogP contribution in [0.15, 0.2) is 11.4 Å². The molecule has 108 valence electrons. The summed E-state index contributed by atoms with van der Waals surface area (Å²) in [5.41, 5.74) is 3.12. The zero-order chi connectivity index (χ0) is 14.3. The van der Waals surface area contributed by atoms with E-state index >= 15 is 0 Å². The van der Waals surface area contributed by atoms with Gasteiger partial charge in [0.2, 0.25) is 0 Å². The molecule has 1 aliphatic rings. The van der Waals surface area contributed by atoms with Crippen molar-refractivity contribution in [3.63, 3.8) is 0 Å². The highest BCUT2D eigenvalue weighted by molar-refractivity contribution is 7.45. The van der Waals surface area contributed by atoms with Crippen molar-refractivity contribution in [2.24, 2.45) is 0 Å². The molecule has 1 rings (SSSR count). The van der Waals surface area contributed by atoms with Crippen LogP contribution in [0.25, 0.3) is 0 Å². The average Bonchev–Trinajstić information content (AvgIpc) is 2.63. The largest absolute Gasteiger partial charge is 0.466 e. The highest BCUT2D eigenvalue weighted by Crippen LogP contribution is 2.27. The fourth-order valence-corrected chi connectivity index (χ4v) is 2.18. The molecule has 0 unspecified atom stereocenters. The number of rotatable bonds is 4. The average molecular weight is 280 g/mol. The van der Waals surface area contributed by atoms with Crippen LogP contribution in [0.3, 0.4) is 0 Å². The Bertz CT molecular complexity index is 299. The zero-order valence-corrected chi connectivity index (χ0v) is 12.5. The third-order valence-corrected chi connectivity index (χ3v) is 2.87. The summed E-state index contributed by atoms with van der Waals surface area (Å²) in [4.78, 5) is 26.5. The Balaban J connectivity index is 0.000000494. The second-order valence-corrected chi connectivity index (χ2v) is 4.99. The van der Waals surface area contributed by atoms with Crippen LogP contribution >= 0.6 is 7.82 Å². The van der Waals surface area contributed by atoms with Crippen molar-refractivity contribution >= 4 is 7.82 Å². The molecule has 1 heterocycles. The van der Waals surface area contributed by atoms with Crippen LogP contribution in [-0.4, -0.2) is 44.2 Å². The molecule has 1 aliphatic heterocycles. The lowest BCUT2D eigenvalue weighted by Crippen LogP contribution is -2.27. The fourth-order valence-electron chi connectivity index (χ4n) is 2.18. The molecule has 3 N–H and O–H groups in total. The molecule has 0 aromatic carbocycles. The van der Waals surface area contributed by atoms with Gasteiger partial charge in [-0.05, 0) is 26.7 Å². The van der Waals surface area contributed by atoms with Crippen molar-refractivity contribution in [3.8, 4) is 0 Å². The van der Waals surface area contributed by atoms with Crippen molar-refractivity contribution in [1.29, 1.82) is 0 Å². The number of allylic oxidation sites excluding steroid dienone is 2. The van der Waals surface area contributed by atoms with E-state index in [1.165, 1.54) is 12.8 Å². The second-order valence-electron chi connectivity index (χ2n) is 3.97. The van der Waals surface area contributed by atoms with Gasteiger partial charge in [-0.2, -0.15) is 0 Å². The van der Waals surface area contributed by atoms with Crippen molar-refractivity contribution < 1.29 is 19.2 Å². The van der Waals surface area contributed by atoms with Crippen molar-refractivity contribution in [2.75, 3.05) is 19.8 Å². The lowest BCUT2D eigenvalue weighted by Gasteiger charge is -2.21. The highest BCUT2D eigenvalue weighted by atomic mass is 31.2. The third-order valence-electron chi connectivity index (χ3n) is 2.87. The Morgan fingerprint density at radius 2 is 1.22 bits per heavy atom. The van der Waals surface area contributed by atoms with Gasteiger partial charge in [0.05, 0.1) is 6.67 Å². The molecule has 0 saturated carbocycles. The first-order valence-corrected chi connectivity index (χ1v) is 7.85. The molecular weight excluding hydrogens is 255 g/mol. The number of hydrogen-bond acceptors (Lipinski definition) is 3. The van der Waals surface area contributed by atoms with Gasteiger partial charge in [0.25, 0.3) is 0 Å². The van der Waals surface area contributed by atoms with Crippen LogP contribution in [-0.2, 0) is 4.57 Å². The summed E-state index contributed by atoms with van der Waals surface area (Å²) in [7, 11) is -4.64. The van der Waals surface area contributed by atoms with Gasteiger partial charge in [-0.3, -0.25) is 0 Å². The van der Waals surface area contributed by atoms with Crippen LogP contribution in [0.1, 0.15) is 40.5 Å². The topological polar surface area (TPSA) is 84.2 Å². The van der Waals surface area contributed by atoms with E-state index < -0.39 is 7.82 Å². The summed E-state index contributed by atoms with van der Waals surface area (Å²) in [5, 5.41) is 0. The standard InChI is InChI=1S/C11H22N2.H3O4P/c1-5-10-11(6-2)13(8-4)9-12(10)7-3;1-5(2,3)4/h5-9H2,1-4H3;(H3,1,2,3,4). The molecule has 7 heteroatoms. The van der Waals surface area contributed by atoms with E-state index in [0.29, 0.717) is 0 Å². The predicted molar refractivity (Wildman–Crippen MR) is 71.5 cm³/mol. The van der Waals surface area contributed by atoms with E-state index in [1.54, 1.807) is 11.4 Å². The molecule has 0 saturated heterocycles. The van der Waals surface area contributed by atoms with Gasteiger partial charge in [-0.15, -0.1) is 0 Å². The molecule has 6 nitrogen and oxygen atoms in total. The van der Waals surface area contributed by atoms with Crippen LogP contribution in [0.5, 0.6) is 0 Å². The van der Waals surface area contributed by atoms with Gasteiger partial charge in [0, 0.05) is 24.5 Å². The monoisotopic (exact) mass is 280 g/mol. The number of phosphoric acid groups is 1. The van der Waals surface area contributed by atoms with E-state index in [4.69, 9.17) is 19.2 Å². The van der Waals surface area contributed by atoms with Gasteiger partial charge in [-0.1, -0.05) is 13.8 Å². The van der Waals surface area contributed by atoms with E-state index in [-0.39, 0.29) is 0 Å². The Kier molecular flexibility index (Phi) is 7.55. The summed E-state index contributed by atoms with van der Waals surface area (Å²) < 4.78 is 8.88. The van der Waals surface area contributed by atoms with E-state index in [2.05, 4.69) is 37.5 Å². The van der Waals surface area contributed by atoms with Gasteiger partial charge >= 0.3 is 7.82 Å². The number of hydrogen-bond donors (Lipinski definition) is 3. The molecular formula is C11H25N2O4P. The second kappa shape index (κ2) is 7.79. The maximum absolute atomic E-state index is 8.88. The Labute approximate surface area is 109 Å². The lowest BCUT2D eigenvalue weighted by molar-refractivity contribution is 0.258. The van der Waals surface area contributed by atoms with Crippen LogP contribution in [0.2, 0.25) is 0 Å². The van der Waals surface area contributed by atoms with E-state index in [9.17, 15) is 0 Å². The van der Waals surface area contributed by atoms with Crippen molar-refractivity contribution in [3.05, 3.63) is 11.4 Å². The smallest absolute Gasteiger partial charge is 0.356 e. The highest BCUT2D eigenvalue weighted by Gasteiger charge is 2.23. The molecule has 0 bridgehead atoms. The van der Waals surface area contributed by atoms with Crippen molar-refractivity contribution in [2.45, 2.75) is 40.5 Å². The predicted octanol–water partition coefficient (Wildman–Crippen LogP) is 1.70. The quantitative estimate of drug-likeness (QED) is 0.680. The van der Waals surface area contributed by atoms with Gasteiger partial charge in [0.15, 0.2) is 0 Å². The van der Waals surface area contributed by atoms with Gasteiger partial charge in [-0.25, -0.2) is 4.57 Å². The molecule has 0 amide bonds. The molecule has 0 atom stereocenters. The van der Waals surface area contributed by atoms with Crippen molar-refractivity contribution in [1.82, 2.24) is 9.80 Å². The van der Waals surface area contributed by atoms with E-state index in [0.717, 1.165) is 19.8 Å². The summed E-state index contributed by atoms with van der Waals surface area (Å²) >= 11 is 0. The minimum absolute atomic E-state index is 1.11. The molecule has 0 aromatic heterocycles. The normalized spacial score (nSPS) is 15.9. The minimum atomic E-state index is -4.64. The third kappa shape index (κ3) is 5.87. The zero-order valence-electron chi connectivity index (χ0n) is 11.6. The summed E-state index contributed by atoms with van der Waals surface area (Å²) in [6, 6.07) is 0. The number of nitrogens with zero attached hydrogens (tertiary/aromatic N) is 2. The molecule has 0 aromatic rings. The summed E-state index contributed by atoms with van der Waals surface area (Å²) in [6.45, 7) is 12.4. The molecule has 18 heavy (non-hydrogen) atoms. The Morgan fingerprint density at radius 1 is 0.944 bits per heavy atom. The Hall–Kier alpha value is -0.550. The maximum atomic E-state index is 8.88. The first-order chi connectivity index (χ1) is 8.28. The molecule has 0 radical (unpaired) electrons. The Morgan fingerprint density at radius 3 is 1.39 bits per heavy atom. The van der Waals surface area contributed by atoms with Crippen LogP contribution < -0.4 is 0 Å². The van der Waals surface area contributed by atoms with Gasteiger partial charge < -0.3 is 24.5 Å². The lowest BCUT2D eigenvalue weighted by atomic mass is 10.2. The molecule has 0 fully saturated rings. The summed E-state index contributed by atoms with van der Waals surface area (Å²) in [6.07, 6.45) is 2.35. The maximum Gasteiger partial charge on any atom is 0.466 e. The molecule has 0 spiro atoms. The summed E-state index contributed by atoms with van der Waals surface area (Å²) in [5.74, 6) is 0. The molecule has 0 aliphatic carbocycles.